The van der Waals surface area contributed by atoms with Gasteiger partial charge >= 0.3 is 5.97 Å². The molecule has 1 rings (SSSR count). The number of benzene rings is 1. The number of ether oxygens (including phenoxy) is 1. The molecule has 0 atom stereocenters. The Kier molecular flexibility index (Phi) is 4.79. The Bertz CT molecular complexity index is 385. The standard InChI is InChI=1S/C12H13NO3/c1-16-12(15)9-5-8-11(14)13-10-6-3-2-4-7-10/h2-7,9H,8H2,1H3,(H,13,14). The molecule has 0 fully saturated rings. The lowest BCUT2D eigenvalue weighted by Crippen LogP contribution is -2.09. The molecule has 0 heterocycles. The van der Waals surface area contributed by atoms with E-state index in [1.54, 1.807) is 12.1 Å². The summed E-state index contributed by atoms with van der Waals surface area (Å²) < 4.78 is 4.39. The van der Waals surface area contributed by atoms with E-state index >= 15 is 0 Å². The maximum atomic E-state index is 11.4. The minimum atomic E-state index is -0.465. The third-order valence-corrected chi connectivity index (χ3v) is 1.82. The number of nitrogens with one attached hydrogen (secondary N) is 1. The van der Waals surface area contributed by atoms with Crippen molar-refractivity contribution in [1.82, 2.24) is 0 Å². The number of carbonyl (C=O) groups excluding carboxylic acids is 2. The molecule has 0 aliphatic carbocycles. The molecule has 0 bridgehead atoms. The number of hydrogen-bond acceptors (Lipinski definition) is 3. The van der Waals surface area contributed by atoms with Crippen molar-refractivity contribution in [2.24, 2.45) is 0 Å². The summed E-state index contributed by atoms with van der Waals surface area (Å²) in [6.07, 6.45) is 2.83. The molecule has 0 aromatic heterocycles. The Morgan fingerprint density at radius 2 is 2.00 bits per heavy atom. The van der Waals surface area contributed by atoms with E-state index in [1.807, 2.05) is 18.2 Å². The van der Waals surface area contributed by atoms with Gasteiger partial charge in [0.1, 0.15) is 0 Å². The van der Waals surface area contributed by atoms with Crippen LogP contribution in [0.5, 0.6) is 0 Å². The highest BCUT2D eigenvalue weighted by Gasteiger charge is 1.99. The molecule has 1 N–H and O–H groups in total. The number of hydrogen-bond donors (Lipinski definition) is 1. The third kappa shape index (κ3) is 4.41. The number of anilines is 1. The first-order valence-electron chi connectivity index (χ1n) is 4.82. The molecule has 1 amide bonds. The molecule has 1 aromatic carbocycles. The highest BCUT2D eigenvalue weighted by molar-refractivity contribution is 5.92. The first-order valence-corrected chi connectivity index (χ1v) is 4.82. The van der Waals surface area contributed by atoms with Gasteiger partial charge in [0.05, 0.1) is 7.11 Å². The Morgan fingerprint density at radius 3 is 2.62 bits per heavy atom. The Balaban J connectivity index is 2.37. The summed E-state index contributed by atoms with van der Waals surface area (Å²) in [5.41, 5.74) is 0.735. The van der Waals surface area contributed by atoms with Crippen LogP contribution in [0.25, 0.3) is 0 Å². The van der Waals surface area contributed by atoms with Crippen LogP contribution in [0.15, 0.2) is 42.5 Å². The van der Waals surface area contributed by atoms with Gasteiger partial charge < -0.3 is 10.1 Å². The highest BCUT2D eigenvalue weighted by Crippen LogP contribution is 2.05. The molecule has 84 valence electrons. The topological polar surface area (TPSA) is 55.4 Å². The van der Waals surface area contributed by atoms with Crippen LogP contribution in [0.4, 0.5) is 5.69 Å². The van der Waals surface area contributed by atoms with Crippen molar-refractivity contribution >= 4 is 17.6 Å². The van der Waals surface area contributed by atoms with Gasteiger partial charge in [-0.1, -0.05) is 24.3 Å². The summed E-state index contributed by atoms with van der Waals surface area (Å²) in [6, 6.07) is 9.12. The molecule has 0 aliphatic heterocycles. The van der Waals surface area contributed by atoms with E-state index in [1.165, 1.54) is 19.3 Å². The molecule has 4 heteroatoms. The van der Waals surface area contributed by atoms with Gasteiger partial charge in [0.2, 0.25) is 5.91 Å². The largest absolute Gasteiger partial charge is 0.466 e. The molecule has 0 saturated heterocycles. The molecule has 0 unspecified atom stereocenters. The normalized spacial score (nSPS) is 10.1. The maximum Gasteiger partial charge on any atom is 0.330 e. The maximum absolute atomic E-state index is 11.4. The zero-order valence-corrected chi connectivity index (χ0v) is 8.97. The van der Waals surface area contributed by atoms with E-state index in [9.17, 15) is 9.59 Å². The predicted octanol–water partition coefficient (Wildman–Crippen LogP) is 1.74. The fourth-order valence-corrected chi connectivity index (χ4v) is 1.06. The zero-order valence-electron chi connectivity index (χ0n) is 8.97. The van der Waals surface area contributed by atoms with Gasteiger partial charge in [-0.2, -0.15) is 0 Å². The number of para-hydroxylation sites is 1. The molecular weight excluding hydrogens is 206 g/mol. The van der Waals surface area contributed by atoms with Gasteiger partial charge in [0.25, 0.3) is 0 Å². The summed E-state index contributed by atoms with van der Waals surface area (Å²) in [5, 5.41) is 2.69. The molecule has 0 aliphatic rings. The second-order valence-corrected chi connectivity index (χ2v) is 3.04. The lowest BCUT2D eigenvalue weighted by atomic mass is 10.3. The number of carbonyl (C=O) groups is 2. The van der Waals surface area contributed by atoms with E-state index < -0.39 is 5.97 Å². The van der Waals surface area contributed by atoms with Crippen molar-refractivity contribution in [2.45, 2.75) is 6.42 Å². The molecule has 0 saturated carbocycles. The quantitative estimate of drug-likeness (QED) is 0.620. The van der Waals surface area contributed by atoms with Crippen molar-refractivity contribution in [3.05, 3.63) is 42.5 Å². The molecule has 0 spiro atoms. The molecule has 1 aromatic rings. The number of amides is 1. The lowest BCUT2D eigenvalue weighted by molar-refractivity contribution is -0.134. The second-order valence-electron chi connectivity index (χ2n) is 3.04. The van der Waals surface area contributed by atoms with E-state index in [0.29, 0.717) is 0 Å². The number of rotatable bonds is 4. The van der Waals surface area contributed by atoms with Gasteiger partial charge in [-0.05, 0) is 12.1 Å². The summed E-state index contributed by atoms with van der Waals surface area (Å²) in [5.74, 6) is -0.640. The van der Waals surface area contributed by atoms with Crippen molar-refractivity contribution in [2.75, 3.05) is 12.4 Å². The molecule has 4 nitrogen and oxygen atoms in total. The van der Waals surface area contributed by atoms with Crippen LogP contribution >= 0.6 is 0 Å². The molecular formula is C12H13NO3. The number of esters is 1. The van der Waals surface area contributed by atoms with E-state index in [-0.39, 0.29) is 12.3 Å². The predicted molar refractivity (Wildman–Crippen MR) is 60.8 cm³/mol. The first kappa shape index (κ1) is 12.0. The van der Waals surface area contributed by atoms with Crippen molar-refractivity contribution in [1.29, 1.82) is 0 Å². The smallest absolute Gasteiger partial charge is 0.330 e. The summed E-state index contributed by atoms with van der Waals surface area (Å²) in [7, 11) is 1.29. The first-order chi connectivity index (χ1) is 7.72. The third-order valence-electron chi connectivity index (χ3n) is 1.82. The van der Waals surface area contributed by atoms with Crippen LogP contribution in [0.2, 0.25) is 0 Å². The second kappa shape index (κ2) is 6.40. The Labute approximate surface area is 93.9 Å². The van der Waals surface area contributed by atoms with E-state index in [4.69, 9.17) is 0 Å². The van der Waals surface area contributed by atoms with E-state index in [2.05, 4.69) is 10.1 Å². The minimum Gasteiger partial charge on any atom is -0.466 e. The van der Waals surface area contributed by atoms with Crippen LogP contribution < -0.4 is 5.32 Å². The summed E-state index contributed by atoms with van der Waals surface area (Å²) in [4.78, 5) is 22.1. The van der Waals surface area contributed by atoms with Crippen molar-refractivity contribution in [3.63, 3.8) is 0 Å². The van der Waals surface area contributed by atoms with Crippen LogP contribution in [0.3, 0.4) is 0 Å². The molecule has 16 heavy (non-hydrogen) atoms. The average Bonchev–Trinajstić information content (AvgIpc) is 2.30. The van der Waals surface area contributed by atoms with Crippen LogP contribution in [0, 0.1) is 0 Å². The van der Waals surface area contributed by atoms with Gasteiger partial charge in [-0.25, -0.2) is 4.79 Å². The monoisotopic (exact) mass is 219 g/mol. The van der Waals surface area contributed by atoms with Crippen molar-refractivity contribution < 1.29 is 14.3 Å². The average molecular weight is 219 g/mol. The highest BCUT2D eigenvalue weighted by atomic mass is 16.5. The zero-order chi connectivity index (χ0) is 11.8. The van der Waals surface area contributed by atoms with Crippen LogP contribution in [0.1, 0.15) is 6.42 Å². The van der Waals surface area contributed by atoms with Crippen molar-refractivity contribution in [3.8, 4) is 0 Å². The van der Waals surface area contributed by atoms with Crippen LogP contribution in [-0.2, 0) is 14.3 Å². The van der Waals surface area contributed by atoms with Gasteiger partial charge in [-0.3, -0.25) is 4.79 Å². The SMILES string of the molecule is COC(=O)C=CCC(=O)Nc1ccccc1. The fraction of sp³-hybridized carbons (Fsp3) is 0.167. The molecule has 0 radical (unpaired) electrons. The van der Waals surface area contributed by atoms with E-state index in [0.717, 1.165) is 5.69 Å². The summed E-state index contributed by atoms with van der Waals surface area (Å²) in [6.45, 7) is 0. The number of methoxy groups -OCH3 is 1. The Morgan fingerprint density at radius 1 is 1.31 bits per heavy atom. The minimum absolute atomic E-state index is 0.143. The lowest BCUT2D eigenvalue weighted by Gasteiger charge is -2.01. The van der Waals surface area contributed by atoms with Crippen LogP contribution in [-0.4, -0.2) is 19.0 Å². The Hall–Kier alpha value is -2.10. The van der Waals surface area contributed by atoms with Gasteiger partial charge in [-0.15, -0.1) is 0 Å². The fourth-order valence-electron chi connectivity index (χ4n) is 1.06. The van der Waals surface area contributed by atoms with Gasteiger partial charge in [0.15, 0.2) is 0 Å². The van der Waals surface area contributed by atoms with Gasteiger partial charge in [0, 0.05) is 18.2 Å². The summed E-state index contributed by atoms with van der Waals surface area (Å²) >= 11 is 0.